The highest BCUT2D eigenvalue weighted by Gasteiger charge is 2.11. The molecule has 3 rings (SSSR count). The second kappa shape index (κ2) is 8.49. The van der Waals surface area contributed by atoms with Gasteiger partial charge in [0.2, 0.25) is 0 Å². The number of hydrogen-bond donors (Lipinski definition) is 0. The number of carbonyl (C=O) groups is 1. The molecule has 0 fully saturated rings. The first kappa shape index (κ1) is 17.2. The van der Waals surface area contributed by atoms with Crippen LogP contribution in [0.5, 0.6) is 5.75 Å². The highest BCUT2D eigenvalue weighted by Crippen LogP contribution is 2.23. The summed E-state index contributed by atoms with van der Waals surface area (Å²) in [6, 6.07) is 24.7. The van der Waals surface area contributed by atoms with E-state index in [1.807, 2.05) is 66.7 Å². The average Bonchev–Trinajstić information content (AvgIpc) is 2.66. The summed E-state index contributed by atoms with van der Waals surface area (Å²) >= 11 is 3.42. The third kappa shape index (κ3) is 5.19. The van der Waals surface area contributed by atoms with E-state index >= 15 is 0 Å². The zero-order valence-corrected chi connectivity index (χ0v) is 15.1. The fourth-order valence-electron chi connectivity index (χ4n) is 2.31. The molecular weight excluding hydrogens is 380 g/mol. The van der Waals surface area contributed by atoms with Gasteiger partial charge in [0.1, 0.15) is 19.0 Å². The molecule has 0 radical (unpaired) electrons. The van der Waals surface area contributed by atoms with Crippen LogP contribution in [0.2, 0.25) is 0 Å². The Labute approximate surface area is 155 Å². The molecular formula is C21H17BrO3. The molecule has 0 saturated heterocycles. The Kier molecular flexibility index (Phi) is 5.86. The van der Waals surface area contributed by atoms with Gasteiger partial charge in [-0.1, -0.05) is 76.6 Å². The Morgan fingerprint density at radius 2 is 1.40 bits per heavy atom. The summed E-state index contributed by atoms with van der Waals surface area (Å²) < 4.78 is 11.9. The van der Waals surface area contributed by atoms with E-state index in [4.69, 9.17) is 9.47 Å². The molecule has 0 saturated carbocycles. The molecule has 0 heterocycles. The predicted octanol–water partition coefficient (Wildman–Crippen LogP) is 5.39. The highest BCUT2D eigenvalue weighted by molar-refractivity contribution is 9.10. The van der Waals surface area contributed by atoms with E-state index in [0.717, 1.165) is 15.6 Å². The van der Waals surface area contributed by atoms with Crippen LogP contribution in [-0.4, -0.2) is 5.97 Å². The number of carbonyl (C=O) groups excluding carboxylic acids is 1. The maximum absolute atomic E-state index is 12.3. The van der Waals surface area contributed by atoms with Crippen LogP contribution in [0.15, 0.2) is 83.3 Å². The molecule has 3 aromatic carbocycles. The van der Waals surface area contributed by atoms with Gasteiger partial charge in [-0.3, -0.25) is 0 Å². The topological polar surface area (TPSA) is 35.5 Å². The van der Waals surface area contributed by atoms with E-state index in [0.29, 0.717) is 17.9 Å². The van der Waals surface area contributed by atoms with Crippen LogP contribution in [-0.2, 0) is 18.0 Å². The van der Waals surface area contributed by atoms with Gasteiger partial charge >= 0.3 is 5.97 Å². The molecule has 0 aliphatic rings. The van der Waals surface area contributed by atoms with Gasteiger partial charge in [-0.05, 0) is 29.3 Å². The maximum atomic E-state index is 12.3. The lowest BCUT2D eigenvalue weighted by molar-refractivity contribution is 0.0472. The maximum Gasteiger partial charge on any atom is 0.338 e. The molecule has 0 aliphatic heterocycles. The second-order valence-electron chi connectivity index (χ2n) is 5.51. The minimum absolute atomic E-state index is 0.242. The number of rotatable bonds is 6. The van der Waals surface area contributed by atoms with Gasteiger partial charge in [0.25, 0.3) is 0 Å². The van der Waals surface area contributed by atoms with Gasteiger partial charge < -0.3 is 9.47 Å². The largest absolute Gasteiger partial charge is 0.489 e. The molecule has 0 aliphatic carbocycles. The van der Waals surface area contributed by atoms with E-state index < -0.39 is 0 Å². The molecule has 0 atom stereocenters. The van der Waals surface area contributed by atoms with Crippen molar-refractivity contribution < 1.29 is 14.3 Å². The summed E-state index contributed by atoms with van der Waals surface area (Å²) in [5.74, 6) is 0.236. The summed E-state index contributed by atoms with van der Waals surface area (Å²) in [5, 5.41) is 0. The molecule has 3 aromatic rings. The van der Waals surface area contributed by atoms with Crippen molar-refractivity contribution in [1.29, 1.82) is 0 Å². The minimum atomic E-state index is -0.380. The number of ether oxygens (including phenoxy) is 2. The van der Waals surface area contributed by atoms with Gasteiger partial charge in [-0.2, -0.15) is 0 Å². The molecule has 4 heteroatoms. The second-order valence-corrected chi connectivity index (χ2v) is 6.43. The quantitative estimate of drug-likeness (QED) is 0.524. The lowest BCUT2D eigenvalue weighted by Gasteiger charge is -2.10. The van der Waals surface area contributed by atoms with Crippen molar-refractivity contribution in [3.8, 4) is 5.75 Å². The molecule has 0 amide bonds. The summed E-state index contributed by atoms with van der Waals surface area (Å²) in [6.45, 7) is 0.683. The van der Waals surface area contributed by atoms with Crippen LogP contribution in [0.25, 0.3) is 0 Å². The summed E-state index contributed by atoms with van der Waals surface area (Å²) in [7, 11) is 0. The Hall–Kier alpha value is -2.59. The van der Waals surface area contributed by atoms with Crippen molar-refractivity contribution in [1.82, 2.24) is 0 Å². The lowest BCUT2D eigenvalue weighted by Crippen LogP contribution is -2.06. The van der Waals surface area contributed by atoms with E-state index in [-0.39, 0.29) is 12.6 Å². The smallest absolute Gasteiger partial charge is 0.338 e. The first-order chi connectivity index (χ1) is 12.2. The van der Waals surface area contributed by atoms with Crippen molar-refractivity contribution in [3.63, 3.8) is 0 Å². The normalized spacial score (nSPS) is 10.3. The SMILES string of the molecule is O=C(OCc1ccccc1)c1cc(Br)cc(OCc2ccccc2)c1. The number of hydrogen-bond acceptors (Lipinski definition) is 3. The monoisotopic (exact) mass is 396 g/mol. The summed E-state index contributed by atoms with van der Waals surface area (Å²) in [6.07, 6.45) is 0. The molecule has 0 bridgehead atoms. The average molecular weight is 397 g/mol. The molecule has 3 nitrogen and oxygen atoms in total. The van der Waals surface area contributed by atoms with Gasteiger partial charge in [0.05, 0.1) is 5.56 Å². The Morgan fingerprint density at radius 1 is 0.800 bits per heavy atom. The number of halogens is 1. The third-order valence-electron chi connectivity index (χ3n) is 3.57. The molecule has 25 heavy (non-hydrogen) atoms. The minimum Gasteiger partial charge on any atom is -0.489 e. The molecule has 0 N–H and O–H groups in total. The van der Waals surface area contributed by atoms with Crippen LogP contribution in [0.4, 0.5) is 0 Å². The highest BCUT2D eigenvalue weighted by atomic mass is 79.9. The van der Waals surface area contributed by atoms with Crippen molar-refractivity contribution >= 4 is 21.9 Å². The first-order valence-electron chi connectivity index (χ1n) is 7.89. The lowest BCUT2D eigenvalue weighted by atomic mass is 10.2. The van der Waals surface area contributed by atoms with E-state index in [1.165, 1.54) is 0 Å². The summed E-state index contributed by atoms with van der Waals surface area (Å²) in [5.41, 5.74) is 2.47. The van der Waals surface area contributed by atoms with Crippen molar-refractivity contribution in [2.75, 3.05) is 0 Å². The van der Waals surface area contributed by atoms with Gasteiger partial charge in [0.15, 0.2) is 0 Å². The van der Waals surface area contributed by atoms with Crippen LogP contribution < -0.4 is 4.74 Å². The molecule has 126 valence electrons. The standard InChI is InChI=1S/C21H17BrO3/c22-19-11-18(21(23)25-15-17-9-5-2-6-10-17)12-20(13-19)24-14-16-7-3-1-4-8-16/h1-13H,14-15H2. The van der Waals surface area contributed by atoms with E-state index in [1.54, 1.807) is 12.1 Å². The number of esters is 1. The Balaban J connectivity index is 1.65. The van der Waals surface area contributed by atoms with Crippen LogP contribution in [0.3, 0.4) is 0 Å². The van der Waals surface area contributed by atoms with Crippen molar-refractivity contribution in [3.05, 3.63) is 100 Å². The predicted molar refractivity (Wildman–Crippen MR) is 100 cm³/mol. The van der Waals surface area contributed by atoms with Crippen LogP contribution in [0, 0.1) is 0 Å². The number of benzene rings is 3. The molecule has 0 spiro atoms. The first-order valence-corrected chi connectivity index (χ1v) is 8.68. The van der Waals surface area contributed by atoms with Gasteiger partial charge in [0, 0.05) is 4.47 Å². The van der Waals surface area contributed by atoms with Gasteiger partial charge in [-0.15, -0.1) is 0 Å². The fourth-order valence-corrected chi connectivity index (χ4v) is 2.78. The molecule has 0 aromatic heterocycles. The van der Waals surface area contributed by atoms with Crippen molar-refractivity contribution in [2.45, 2.75) is 13.2 Å². The summed E-state index contributed by atoms with van der Waals surface area (Å²) in [4.78, 5) is 12.3. The van der Waals surface area contributed by atoms with Crippen LogP contribution >= 0.6 is 15.9 Å². The van der Waals surface area contributed by atoms with E-state index in [2.05, 4.69) is 15.9 Å². The van der Waals surface area contributed by atoms with Crippen LogP contribution in [0.1, 0.15) is 21.5 Å². The molecule has 0 unspecified atom stereocenters. The Morgan fingerprint density at radius 3 is 2.04 bits per heavy atom. The van der Waals surface area contributed by atoms with E-state index in [9.17, 15) is 4.79 Å². The fraction of sp³-hybridized carbons (Fsp3) is 0.0952. The third-order valence-corrected chi connectivity index (χ3v) is 4.03. The van der Waals surface area contributed by atoms with Gasteiger partial charge in [-0.25, -0.2) is 4.79 Å². The zero-order chi connectivity index (χ0) is 17.5. The zero-order valence-electron chi connectivity index (χ0n) is 13.5. The van der Waals surface area contributed by atoms with Crippen molar-refractivity contribution in [2.24, 2.45) is 0 Å². The Bertz CT molecular complexity index is 832.